The summed E-state index contributed by atoms with van der Waals surface area (Å²) in [5, 5.41) is 7.72. The lowest BCUT2D eigenvalue weighted by molar-refractivity contribution is -0.121. The Bertz CT molecular complexity index is 825. The van der Waals surface area contributed by atoms with Crippen molar-refractivity contribution in [2.75, 3.05) is 0 Å². The predicted molar refractivity (Wildman–Crippen MR) is 98.1 cm³/mol. The molecule has 3 rings (SSSR count). The van der Waals surface area contributed by atoms with Crippen LogP contribution in [0.3, 0.4) is 0 Å². The molecule has 0 aliphatic carbocycles. The Morgan fingerprint density at radius 1 is 1.12 bits per heavy atom. The molecule has 2 heterocycles. The number of para-hydroxylation sites is 1. The number of hydrogen-bond acceptors (Lipinski definition) is 3. The van der Waals surface area contributed by atoms with Crippen molar-refractivity contribution in [1.82, 2.24) is 20.1 Å². The third-order valence-corrected chi connectivity index (χ3v) is 3.83. The zero-order chi connectivity index (χ0) is 17.6. The van der Waals surface area contributed by atoms with E-state index in [0.29, 0.717) is 18.9 Å². The number of benzene rings is 1. The third-order valence-electron chi connectivity index (χ3n) is 3.83. The average molecular weight is 334 g/mol. The van der Waals surface area contributed by atoms with E-state index in [1.165, 1.54) is 0 Å². The maximum Gasteiger partial charge on any atom is 0.220 e. The second-order valence-electron chi connectivity index (χ2n) is 6.39. The quantitative estimate of drug-likeness (QED) is 0.749. The van der Waals surface area contributed by atoms with E-state index in [9.17, 15) is 4.79 Å². The van der Waals surface area contributed by atoms with Crippen LogP contribution in [-0.2, 0) is 11.3 Å². The molecule has 0 saturated carbocycles. The number of hydrogen-bond donors (Lipinski definition) is 1. The monoisotopic (exact) mass is 334 g/mol. The van der Waals surface area contributed by atoms with Gasteiger partial charge in [-0.3, -0.25) is 9.78 Å². The van der Waals surface area contributed by atoms with E-state index in [4.69, 9.17) is 5.10 Å². The first-order chi connectivity index (χ1) is 12.1. The van der Waals surface area contributed by atoms with Gasteiger partial charge in [-0.1, -0.05) is 32.0 Å². The van der Waals surface area contributed by atoms with Gasteiger partial charge in [0.2, 0.25) is 5.91 Å². The van der Waals surface area contributed by atoms with Crippen molar-refractivity contribution < 1.29 is 4.79 Å². The van der Waals surface area contributed by atoms with Crippen molar-refractivity contribution >= 4 is 5.91 Å². The number of pyridine rings is 1. The molecule has 1 amide bonds. The first-order valence-electron chi connectivity index (χ1n) is 8.44. The predicted octanol–water partition coefficient (Wildman–Crippen LogP) is 3.60. The summed E-state index contributed by atoms with van der Waals surface area (Å²) in [6.45, 7) is 4.53. The largest absolute Gasteiger partial charge is 0.352 e. The average Bonchev–Trinajstić information content (AvgIpc) is 3.05. The lowest BCUT2D eigenvalue weighted by atomic mass is 10.1. The van der Waals surface area contributed by atoms with E-state index in [-0.39, 0.29) is 5.91 Å². The minimum atomic E-state index is 0.0585. The Morgan fingerprint density at radius 3 is 2.52 bits per heavy atom. The number of amides is 1. The van der Waals surface area contributed by atoms with Crippen molar-refractivity contribution in [3.8, 4) is 16.9 Å². The van der Waals surface area contributed by atoms with Gasteiger partial charge in [0.15, 0.2) is 0 Å². The maximum absolute atomic E-state index is 12.0. The van der Waals surface area contributed by atoms with Crippen molar-refractivity contribution in [1.29, 1.82) is 0 Å². The van der Waals surface area contributed by atoms with Crippen molar-refractivity contribution in [2.45, 2.75) is 26.8 Å². The molecule has 0 radical (unpaired) electrons. The molecule has 0 aliphatic rings. The molecule has 1 N–H and O–H groups in total. The summed E-state index contributed by atoms with van der Waals surface area (Å²) >= 11 is 0. The van der Waals surface area contributed by atoms with E-state index >= 15 is 0 Å². The summed E-state index contributed by atoms with van der Waals surface area (Å²) in [7, 11) is 0. The van der Waals surface area contributed by atoms with Crippen LogP contribution >= 0.6 is 0 Å². The Balaban J connectivity index is 1.89. The molecule has 0 spiro atoms. The molecule has 0 atom stereocenters. The van der Waals surface area contributed by atoms with Crippen LogP contribution in [0.15, 0.2) is 61.1 Å². The molecule has 5 nitrogen and oxygen atoms in total. The van der Waals surface area contributed by atoms with Gasteiger partial charge in [-0.2, -0.15) is 5.10 Å². The zero-order valence-corrected chi connectivity index (χ0v) is 14.5. The van der Waals surface area contributed by atoms with Gasteiger partial charge < -0.3 is 5.32 Å². The molecule has 0 aliphatic heterocycles. The van der Waals surface area contributed by atoms with Gasteiger partial charge >= 0.3 is 0 Å². The topological polar surface area (TPSA) is 59.8 Å². The number of carbonyl (C=O) groups excluding carboxylic acids is 1. The highest BCUT2D eigenvalue weighted by atomic mass is 16.1. The summed E-state index contributed by atoms with van der Waals surface area (Å²) in [5.41, 5.74) is 3.80. The number of aromatic nitrogens is 3. The lowest BCUT2D eigenvalue weighted by Gasteiger charge is -2.07. The number of rotatable bonds is 6. The number of carbonyl (C=O) groups is 1. The van der Waals surface area contributed by atoms with Gasteiger partial charge in [0, 0.05) is 42.7 Å². The highest BCUT2D eigenvalue weighted by Crippen LogP contribution is 2.23. The Labute approximate surface area is 147 Å². The normalized spacial score (nSPS) is 10.8. The molecule has 5 heteroatoms. The van der Waals surface area contributed by atoms with Gasteiger partial charge in [-0.25, -0.2) is 4.68 Å². The second-order valence-corrected chi connectivity index (χ2v) is 6.39. The third kappa shape index (κ3) is 4.32. The standard InChI is InChI=1S/C20H22N4O/c1-15(2)12-19(25)22-13-17-14-24(18-6-4-3-5-7-18)23-20(17)16-8-10-21-11-9-16/h3-11,14-15H,12-13H2,1-2H3,(H,22,25). The van der Waals surface area contributed by atoms with Crippen LogP contribution in [0.1, 0.15) is 25.8 Å². The molecule has 0 saturated heterocycles. The van der Waals surface area contributed by atoms with Crippen LogP contribution in [-0.4, -0.2) is 20.7 Å². The summed E-state index contributed by atoms with van der Waals surface area (Å²) in [6, 6.07) is 13.8. The highest BCUT2D eigenvalue weighted by molar-refractivity contribution is 5.76. The maximum atomic E-state index is 12.0. The van der Waals surface area contributed by atoms with Gasteiger partial charge in [0.1, 0.15) is 0 Å². The van der Waals surface area contributed by atoms with Crippen LogP contribution < -0.4 is 5.32 Å². The molecule has 1 aromatic carbocycles. The molecular formula is C20H22N4O. The molecule has 128 valence electrons. The van der Waals surface area contributed by atoms with Crippen LogP contribution in [0, 0.1) is 5.92 Å². The first kappa shape index (κ1) is 16.9. The molecule has 0 unspecified atom stereocenters. The molecule has 0 fully saturated rings. The van der Waals surface area contributed by atoms with Gasteiger partial charge in [-0.15, -0.1) is 0 Å². The van der Waals surface area contributed by atoms with Crippen LogP contribution in [0.25, 0.3) is 16.9 Å². The molecule has 25 heavy (non-hydrogen) atoms. The first-order valence-corrected chi connectivity index (χ1v) is 8.44. The van der Waals surface area contributed by atoms with E-state index in [0.717, 1.165) is 22.5 Å². The molecule has 3 aromatic rings. The van der Waals surface area contributed by atoms with Crippen LogP contribution in [0.5, 0.6) is 0 Å². The van der Waals surface area contributed by atoms with Gasteiger partial charge in [-0.05, 0) is 30.2 Å². The Hall–Kier alpha value is -2.95. The van der Waals surface area contributed by atoms with E-state index in [2.05, 4.69) is 10.3 Å². The fourth-order valence-corrected chi connectivity index (χ4v) is 2.64. The lowest BCUT2D eigenvalue weighted by Crippen LogP contribution is -2.24. The molecular weight excluding hydrogens is 312 g/mol. The number of nitrogens with one attached hydrogen (secondary N) is 1. The van der Waals surface area contributed by atoms with Crippen molar-refractivity contribution in [3.05, 3.63) is 66.6 Å². The van der Waals surface area contributed by atoms with Crippen LogP contribution in [0.4, 0.5) is 0 Å². The minimum absolute atomic E-state index is 0.0585. The minimum Gasteiger partial charge on any atom is -0.352 e. The molecule has 0 bridgehead atoms. The summed E-state index contributed by atoms with van der Waals surface area (Å²) in [5.74, 6) is 0.398. The van der Waals surface area contributed by atoms with Crippen LogP contribution in [0.2, 0.25) is 0 Å². The Morgan fingerprint density at radius 2 is 1.84 bits per heavy atom. The number of nitrogens with zero attached hydrogens (tertiary/aromatic N) is 3. The van der Waals surface area contributed by atoms with E-state index in [1.807, 2.05) is 67.2 Å². The highest BCUT2D eigenvalue weighted by Gasteiger charge is 2.13. The van der Waals surface area contributed by atoms with Gasteiger partial charge in [0.05, 0.1) is 11.4 Å². The van der Waals surface area contributed by atoms with Crippen molar-refractivity contribution in [3.63, 3.8) is 0 Å². The van der Waals surface area contributed by atoms with E-state index < -0.39 is 0 Å². The summed E-state index contributed by atoms with van der Waals surface area (Å²) in [4.78, 5) is 16.1. The SMILES string of the molecule is CC(C)CC(=O)NCc1cn(-c2ccccc2)nc1-c1ccncc1. The summed E-state index contributed by atoms with van der Waals surface area (Å²) < 4.78 is 1.85. The smallest absolute Gasteiger partial charge is 0.220 e. The molecule has 2 aromatic heterocycles. The Kier molecular flexibility index (Phi) is 5.23. The van der Waals surface area contributed by atoms with Crippen molar-refractivity contribution in [2.24, 2.45) is 5.92 Å². The fraction of sp³-hybridized carbons (Fsp3) is 0.250. The second kappa shape index (κ2) is 7.75. The zero-order valence-electron chi connectivity index (χ0n) is 14.5. The summed E-state index contributed by atoms with van der Waals surface area (Å²) in [6.07, 6.45) is 5.99. The van der Waals surface area contributed by atoms with E-state index in [1.54, 1.807) is 12.4 Å². The van der Waals surface area contributed by atoms with Gasteiger partial charge in [0.25, 0.3) is 0 Å². The fourth-order valence-electron chi connectivity index (χ4n) is 2.64.